The third-order valence-electron chi connectivity index (χ3n) is 3.04. The van der Waals surface area contributed by atoms with E-state index in [2.05, 4.69) is 20.6 Å². The lowest BCUT2D eigenvalue weighted by Gasteiger charge is -2.22. The minimum absolute atomic E-state index is 0. The molecule has 6 heteroatoms. The van der Waals surface area contributed by atoms with E-state index < -0.39 is 0 Å². The quantitative estimate of drug-likeness (QED) is 0.450. The first-order valence-electron chi connectivity index (χ1n) is 6.30. The number of aryl methyl sites for hydroxylation is 1. The molecule has 0 aliphatic carbocycles. The first kappa shape index (κ1) is 16.7. The zero-order chi connectivity index (χ0) is 14.0. The zero-order valence-electron chi connectivity index (χ0n) is 12.7. The standard InChI is InChI=1S/C14H21N5.HI/c1-17(2)14(18(3)4)15-10-13-16-11-8-6-7-9-12(11)19(13)5;/h6-9H,10H2,1-5H3;1H. The Bertz CT molecular complexity index is 591. The maximum Gasteiger partial charge on any atom is 0.195 e. The highest BCUT2D eigenvalue weighted by Crippen LogP contribution is 2.14. The molecule has 0 radical (unpaired) electrons. The summed E-state index contributed by atoms with van der Waals surface area (Å²) in [6.07, 6.45) is 0. The number of benzene rings is 1. The molecule has 0 fully saturated rings. The summed E-state index contributed by atoms with van der Waals surface area (Å²) in [6.45, 7) is 0.580. The van der Waals surface area contributed by atoms with Crippen LogP contribution in [0.2, 0.25) is 0 Å². The van der Waals surface area contributed by atoms with Crippen molar-refractivity contribution in [3.8, 4) is 0 Å². The van der Waals surface area contributed by atoms with E-state index in [9.17, 15) is 0 Å². The Kier molecular flexibility index (Phi) is 5.79. The number of guanidine groups is 1. The maximum absolute atomic E-state index is 4.63. The molecule has 1 aromatic heterocycles. The van der Waals surface area contributed by atoms with Crippen LogP contribution in [0.25, 0.3) is 11.0 Å². The van der Waals surface area contributed by atoms with E-state index in [0.717, 1.165) is 22.8 Å². The van der Waals surface area contributed by atoms with Gasteiger partial charge in [0, 0.05) is 35.2 Å². The number of aromatic nitrogens is 2. The van der Waals surface area contributed by atoms with Crippen LogP contribution in [-0.4, -0.2) is 53.5 Å². The van der Waals surface area contributed by atoms with Crippen LogP contribution >= 0.6 is 24.0 Å². The summed E-state index contributed by atoms with van der Waals surface area (Å²) in [6, 6.07) is 8.14. The van der Waals surface area contributed by atoms with Gasteiger partial charge in [0.2, 0.25) is 0 Å². The molecule has 0 aliphatic rings. The number of nitrogens with zero attached hydrogens (tertiary/aromatic N) is 5. The topological polar surface area (TPSA) is 36.7 Å². The summed E-state index contributed by atoms with van der Waals surface area (Å²) in [7, 11) is 10.0. The molecule has 1 aromatic carbocycles. The van der Waals surface area contributed by atoms with Gasteiger partial charge in [-0.25, -0.2) is 9.98 Å². The molecule has 2 rings (SSSR count). The largest absolute Gasteiger partial charge is 0.349 e. The monoisotopic (exact) mass is 387 g/mol. The predicted octanol–water partition coefficient (Wildman–Crippen LogP) is 2.17. The normalized spacial score (nSPS) is 10.1. The Labute approximate surface area is 137 Å². The van der Waals surface area contributed by atoms with Gasteiger partial charge in [0.1, 0.15) is 12.4 Å². The van der Waals surface area contributed by atoms with Gasteiger partial charge < -0.3 is 14.4 Å². The molecular weight excluding hydrogens is 365 g/mol. The van der Waals surface area contributed by atoms with Gasteiger partial charge in [-0.2, -0.15) is 0 Å². The van der Waals surface area contributed by atoms with Crippen LogP contribution in [0.4, 0.5) is 0 Å². The average Bonchev–Trinajstić information content (AvgIpc) is 2.66. The van der Waals surface area contributed by atoms with Crippen LogP contribution in [0.5, 0.6) is 0 Å². The lowest BCUT2D eigenvalue weighted by molar-refractivity contribution is 0.478. The zero-order valence-corrected chi connectivity index (χ0v) is 15.0. The van der Waals surface area contributed by atoms with Crippen LogP contribution in [0, 0.1) is 0 Å². The smallest absolute Gasteiger partial charge is 0.195 e. The molecule has 0 bridgehead atoms. The fourth-order valence-corrected chi connectivity index (χ4v) is 2.16. The number of imidazole rings is 1. The Morgan fingerprint density at radius 2 is 1.75 bits per heavy atom. The van der Waals surface area contributed by atoms with E-state index in [4.69, 9.17) is 0 Å². The van der Waals surface area contributed by atoms with Gasteiger partial charge in [0.15, 0.2) is 5.96 Å². The summed E-state index contributed by atoms with van der Waals surface area (Å²) in [5.41, 5.74) is 2.16. The van der Waals surface area contributed by atoms with Gasteiger partial charge >= 0.3 is 0 Å². The lowest BCUT2D eigenvalue weighted by Crippen LogP contribution is -2.35. The van der Waals surface area contributed by atoms with Crippen molar-refractivity contribution in [1.29, 1.82) is 0 Å². The lowest BCUT2D eigenvalue weighted by atomic mass is 10.3. The number of fused-ring (bicyclic) bond motifs is 1. The van der Waals surface area contributed by atoms with E-state index in [1.54, 1.807) is 0 Å². The predicted molar refractivity (Wildman–Crippen MR) is 94.6 cm³/mol. The van der Waals surface area contributed by atoms with Crippen molar-refractivity contribution in [2.45, 2.75) is 6.54 Å². The minimum atomic E-state index is 0. The molecule has 0 N–H and O–H groups in total. The third kappa shape index (κ3) is 3.41. The molecule has 0 aliphatic heterocycles. The Hall–Kier alpha value is -1.31. The highest BCUT2D eigenvalue weighted by atomic mass is 127. The second-order valence-corrected chi connectivity index (χ2v) is 4.98. The molecule has 110 valence electrons. The molecule has 0 atom stereocenters. The summed E-state index contributed by atoms with van der Waals surface area (Å²) in [5, 5.41) is 0. The number of aliphatic imine (C=N–C) groups is 1. The number of halogens is 1. The molecule has 0 amide bonds. The summed E-state index contributed by atoms with van der Waals surface area (Å²) >= 11 is 0. The van der Waals surface area contributed by atoms with Gasteiger partial charge in [-0.15, -0.1) is 24.0 Å². The summed E-state index contributed by atoms with van der Waals surface area (Å²) < 4.78 is 2.10. The van der Waals surface area contributed by atoms with Gasteiger partial charge in [-0.05, 0) is 12.1 Å². The fraction of sp³-hybridized carbons (Fsp3) is 0.429. The summed E-state index contributed by atoms with van der Waals surface area (Å²) in [4.78, 5) is 13.3. The van der Waals surface area contributed by atoms with E-state index in [-0.39, 0.29) is 24.0 Å². The highest BCUT2D eigenvalue weighted by molar-refractivity contribution is 14.0. The molecule has 20 heavy (non-hydrogen) atoms. The minimum Gasteiger partial charge on any atom is -0.349 e. The SMILES string of the molecule is CN(C)C(=NCc1nc2ccccc2n1C)N(C)C.I. The Balaban J connectivity index is 0.00000200. The number of hydrogen-bond donors (Lipinski definition) is 0. The van der Waals surface area contributed by atoms with Crippen molar-refractivity contribution in [3.63, 3.8) is 0 Å². The van der Waals surface area contributed by atoms with E-state index in [0.29, 0.717) is 6.54 Å². The maximum atomic E-state index is 4.63. The van der Waals surface area contributed by atoms with Crippen molar-refractivity contribution in [3.05, 3.63) is 30.1 Å². The molecule has 0 saturated heterocycles. The van der Waals surface area contributed by atoms with Crippen LogP contribution in [0.3, 0.4) is 0 Å². The van der Waals surface area contributed by atoms with Crippen LogP contribution in [0.1, 0.15) is 5.82 Å². The van der Waals surface area contributed by atoms with Crippen LogP contribution < -0.4 is 0 Å². The fourth-order valence-electron chi connectivity index (χ4n) is 2.16. The second kappa shape index (κ2) is 6.92. The first-order valence-corrected chi connectivity index (χ1v) is 6.30. The highest BCUT2D eigenvalue weighted by Gasteiger charge is 2.08. The van der Waals surface area contributed by atoms with Crippen molar-refractivity contribution in [2.24, 2.45) is 12.0 Å². The van der Waals surface area contributed by atoms with E-state index in [1.165, 1.54) is 0 Å². The van der Waals surface area contributed by atoms with Gasteiger partial charge in [0.25, 0.3) is 0 Å². The average molecular weight is 387 g/mol. The number of hydrogen-bond acceptors (Lipinski definition) is 2. The molecule has 0 saturated carbocycles. The van der Waals surface area contributed by atoms with Crippen molar-refractivity contribution >= 4 is 41.0 Å². The first-order chi connectivity index (χ1) is 9.00. The molecule has 0 unspecified atom stereocenters. The Morgan fingerprint density at radius 1 is 1.15 bits per heavy atom. The van der Waals surface area contributed by atoms with Gasteiger partial charge in [0.05, 0.1) is 11.0 Å². The molecule has 5 nitrogen and oxygen atoms in total. The Morgan fingerprint density at radius 3 is 2.30 bits per heavy atom. The molecular formula is C14H22IN5. The number of rotatable bonds is 2. The molecule has 0 spiro atoms. The number of para-hydroxylation sites is 2. The van der Waals surface area contributed by atoms with Crippen molar-refractivity contribution in [1.82, 2.24) is 19.4 Å². The van der Waals surface area contributed by atoms with Crippen molar-refractivity contribution in [2.75, 3.05) is 28.2 Å². The van der Waals surface area contributed by atoms with Crippen molar-refractivity contribution < 1.29 is 0 Å². The molecule has 2 aromatic rings. The van der Waals surface area contributed by atoms with Crippen LogP contribution in [-0.2, 0) is 13.6 Å². The van der Waals surface area contributed by atoms with E-state index in [1.807, 2.05) is 63.2 Å². The summed E-state index contributed by atoms with van der Waals surface area (Å²) in [5.74, 6) is 1.91. The van der Waals surface area contributed by atoms with Gasteiger partial charge in [-0.3, -0.25) is 0 Å². The van der Waals surface area contributed by atoms with Gasteiger partial charge in [-0.1, -0.05) is 12.1 Å². The van der Waals surface area contributed by atoms with E-state index >= 15 is 0 Å². The second-order valence-electron chi connectivity index (χ2n) is 4.98. The third-order valence-corrected chi connectivity index (χ3v) is 3.04. The van der Waals surface area contributed by atoms with Crippen LogP contribution in [0.15, 0.2) is 29.3 Å². The molecule has 1 heterocycles.